The van der Waals surface area contributed by atoms with Gasteiger partial charge in [-0.1, -0.05) is 30.3 Å². The van der Waals surface area contributed by atoms with Crippen LogP contribution in [0.1, 0.15) is 18.1 Å². The Bertz CT molecular complexity index is 1500. The monoisotopic (exact) mass is 499 g/mol. The first-order chi connectivity index (χ1) is 17.8. The normalized spacial score (nSPS) is 17.2. The summed E-state index contributed by atoms with van der Waals surface area (Å²) in [6.07, 6.45) is 1.43. The number of benzene rings is 3. The second kappa shape index (κ2) is 9.34. The maximum absolute atomic E-state index is 13.4. The van der Waals surface area contributed by atoms with Crippen molar-refractivity contribution in [1.82, 2.24) is 35.3 Å². The molecule has 0 spiro atoms. The number of likely N-dealkylation sites (N-methyl/N-ethyl adjacent to an activating group) is 1. The predicted molar refractivity (Wildman–Crippen MR) is 134 cm³/mol. The number of aromatic nitrogens is 4. The van der Waals surface area contributed by atoms with Gasteiger partial charge in [0.25, 0.3) is 5.91 Å². The molecule has 1 aliphatic rings. The third-order valence-corrected chi connectivity index (χ3v) is 6.56. The van der Waals surface area contributed by atoms with Gasteiger partial charge in [0.05, 0.1) is 12.8 Å². The molecular formula is C26H25N7O4. The summed E-state index contributed by atoms with van der Waals surface area (Å²) < 4.78 is 6.72. The van der Waals surface area contributed by atoms with Crippen molar-refractivity contribution in [2.75, 3.05) is 20.7 Å². The van der Waals surface area contributed by atoms with Crippen LogP contribution in [0.25, 0.3) is 16.5 Å². The molecule has 0 radical (unpaired) electrons. The second-order valence-corrected chi connectivity index (χ2v) is 9.05. The lowest BCUT2D eigenvalue weighted by Gasteiger charge is -2.24. The number of hydrogen-bond donors (Lipinski definition) is 1. The van der Waals surface area contributed by atoms with Crippen LogP contribution < -0.4 is 10.1 Å². The van der Waals surface area contributed by atoms with Crippen LogP contribution in [0.4, 0.5) is 4.79 Å². The summed E-state index contributed by atoms with van der Waals surface area (Å²) in [6, 6.07) is 18.1. The van der Waals surface area contributed by atoms with Crippen LogP contribution in [0.3, 0.4) is 0 Å². The van der Waals surface area contributed by atoms with E-state index in [0.29, 0.717) is 17.8 Å². The molecule has 1 aliphatic heterocycles. The first-order valence-electron chi connectivity index (χ1n) is 11.6. The number of carbonyl (C=O) groups excluding carboxylic acids is 3. The molecule has 11 nitrogen and oxygen atoms in total. The van der Waals surface area contributed by atoms with Gasteiger partial charge >= 0.3 is 6.03 Å². The quantitative estimate of drug-likeness (QED) is 0.387. The van der Waals surface area contributed by atoms with Gasteiger partial charge in [0.15, 0.2) is 0 Å². The highest BCUT2D eigenvalue weighted by Crippen LogP contribution is 2.30. The van der Waals surface area contributed by atoms with E-state index in [9.17, 15) is 14.4 Å². The summed E-state index contributed by atoms with van der Waals surface area (Å²) in [6.45, 7) is 1.58. The highest BCUT2D eigenvalue weighted by Gasteiger charge is 2.49. The van der Waals surface area contributed by atoms with Crippen LogP contribution in [0.15, 0.2) is 67.0 Å². The molecular weight excluding hydrogens is 474 g/mol. The van der Waals surface area contributed by atoms with E-state index in [1.807, 2.05) is 36.4 Å². The Labute approximate surface area is 212 Å². The molecule has 1 fully saturated rings. The van der Waals surface area contributed by atoms with Crippen molar-refractivity contribution in [3.8, 4) is 11.4 Å². The van der Waals surface area contributed by atoms with E-state index in [1.165, 1.54) is 15.9 Å². The minimum absolute atomic E-state index is 0.329. The summed E-state index contributed by atoms with van der Waals surface area (Å²) in [4.78, 5) is 41.6. The second-order valence-electron chi connectivity index (χ2n) is 9.05. The summed E-state index contributed by atoms with van der Waals surface area (Å²) in [5, 5.41) is 15.9. The molecule has 1 aromatic heterocycles. The van der Waals surface area contributed by atoms with E-state index in [4.69, 9.17) is 4.74 Å². The first kappa shape index (κ1) is 23.9. The van der Waals surface area contributed by atoms with Crippen LogP contribution in [0, 0.1) is 0 Å². The molecule has 4 amide bonds. The van der Waals surface area contributed by atoms with Crippen LogP contribution in [-0.2, 0) is 21.7 Å². The molecule has 0 aliphatic carbocycles. The lowest BCUT2D eigenvalue weighted by atomic mass is 9.91. The lowest BCUT2D eigenvalue weighted by molar-refractivity contribution is -0.138. The van der Waals surface area contributed by atoms with Crippen molar-refractivity contribution >= 4 is 28.6 Å². The summed E-state index contributed by atoms with van der Waals surface area (Å²) in [7, 11) is 3.27. The number of nitrogens with zero attached hydrogens (tertiary/aromatic N) is 6. The van der Waals surface area contributed by atoms with E-state index >= 15 is 0 Å². The Kier molecular flexibility index (Phi) is 6.04. The van der Waals surface area contributed by atoms with E-state index in [0.717, 1.165) is 27.0 Å². The van der Waals surface area contributed by atoms with Gasteiger partial charge in [0.1, 0.15) is 24.2 Å². The topological polar surface area (TPSA) is 123 Å². The Hall–Kier alpha value is -4.80. The molecule has 0 bridgehead atoms. The number of ether oxygens (including phenoxy) is 1. The number of fused-ring (bicyclic) bond motifs is 1. The minimum Gasteiger partial charge on any atom is -0.497 e. The molecule has 11 heteroatoms. The average Bonchev–Trinajstić information content (AvgIpc) is 3.52. The highest BCUT2D eigenvalue weighted by molar-refractivity contribution is 6.09. The third-order valence-electron chi connectivity index (χ3n) is 6.56. The molecule has 37 heavy (non-hydrogen) atoms. The van der Waals surface area contributed by atoms with Crippen molar-refractivity contribution in [2.45, 2.75) is 19.0 Å². The van der Waals surface area contributed by atoms with Gasteiger partial charge < -0.3 is 15.0 Å². The van der Waals surface area contributed by atoms with Gasteiger partial charge in [0.2, 0.25) is 5.91 Å². The third kappa shape index (κ3) is 4.46. The SMILES string of the molecule is COc1ccc2cc(CN(C)C(=O)CN3C(=O)N[C@](C)(c4cccc(-n5cnnn5)c4)C3=O)ccc2c1. The number of urea groups is 1. The number of methoxy groups -OCH3 is 1. The summed E-state index contributed by atoms with van der Waals surface area (Å²) in [5.74, 6) is -0.0898. The molecule has 1 saturated heterocycles. The van der Waals surface area contributed by atoms with Gasteiger partial charge in [0, 0.05) is 13.6 Å². The molecule has 4 aromatic rings. The predicted octanol–water partition coefficient (Wildman–Crippen LogP) is 2.25. The van der Waals surface area contributed by atoms with E-state index in [2.05, 4.69) is 20.8 Å². The fourth-order valence-electron chi connectivity index (χ4n) is 4.39. The van der Waals surface area contributed by atoms with Crippen molar-refractivity contribution in [3.05, 3.63) is 78.1 Å². The molecule has 2 heterocycles. The molecule has 0 unspecified atom stereocenters. The fraction of sp³-hybridized carbons (Fsp3) is 0.231. The number of rotatable bonds is 7. The van der Waals surface area contributed by atoms with Gasteiger partial charge in [-0.2, -0.15) is 0 Å². The Morgan fingerprint density at radius 2 is 1.86 bits per heavy atom. The summed E-state index contributed by atoms with van der Waals surface area (Å²) in [5.41, 5.74) is 0.776. The maximum Gasteiger partial charge on any atom is 0.325 e. The van der Waals surface area contributed by atoms with Gasteiger partial charge in [-0.25, -0.2) is 9.48 Å². The molecule has 0 saturated carbocycles. The van der Waals surface area contributed by atoms with Gasteiger partial charge in [-0.3, -0.25) is 14.5 Å². The fourth-order valence-corrected chi connectivity index (χ4v) is 4.39. The summed E-state index contributed by atoms with van der Waals surface area (Å²) >= 11 is 0. The average molecular weight is 500 g/mol. The van der Waals surface area contributed by atoms with Crippen molar-refractivity contribution in [3.63, 3.8) is 0 Å². The van der Waals surface area contributed by atoms with Crippen LogP contribution >= 0.6 is 0 Å². The van der Waals surface area contributed by atoms with Crippen LogP contribution in [0.2, 0.25) is 0 Å². The Balaban J connectivity index is 1.29. The molecule has 1 N–H and O–H groups in total. The van der Waals surface area contributed by atoms with Crippen LogP contribution in [-0.4, -0.2) is 68.6 Å². The number of carbonyl (C=O) groups is 3. The van der Waals surface area contributed by atoms with E-state index < -0.39 is 17.5 Å². The Morgan fingerprint density at radius 3 is 2.62 bits per heavy atom. The number of hydrogen-bond acceptors (Lipinski definition) is 7. The molecule has 188 valence electrons. The van der Waals surface area contributed by atoms with Gasteiger partial charge in [-0.05, 0) is 69.6 Å². The molecule has 3 aromatic carbocycles. The highest BCUT2D eigenvalue weighted by atomic mass is 16.5. The van der Waals surface area contributed by atoms with Crippen molar-refractivity contribution in [2.24, 2.45) is 0 Å². The maximum atomic E-state index is 13.4. The van der Waals surface area contributed by atoms with E-state index in [1.54, 1.807) is 45.3 Å². The number of nitrogens with one attached hydrogen (secondary N) is 1. The van der Waals surface area contributed by atoms with Crippen molar-refractivity contribution < 1.29 is 19.1 Å². The zero-order valence-corrected chi connectivity index (χ0v) is 20.6. The van der Waals surface area contributed by atoms with E-state index in [-0.39, 0.29) is 12.5 Å². The minimum atomic E-state index is -1.33. The largest absolute Gasteiger partial charge is 0.497 e. The Morgan fingerprint density at radius 1 is 1.08 bits per heavy atom. The number of tetrazole rings is 1. The number of imide groups is 1. The number of amides is 4. The molecule has 1 atom stereocenters. The first-order valence-corrected chi connectivity index (χ1v) is 11.6. The zero-order valence-electron chi connectivity index (χ0n) is 20.6. The zero-order chi connectivity index (χ0) is 26.2. The lowest BCUT2D eigenvalue weighted by Crippen LogP contribution is -2.43. The standard InChI is InChI=1S/C26H25N7O4/c1-26(20-5-4-6-21(13-20)33-16-27-29-30-33)24(35)32(25(36)28-26)15-23(34)31(2)14-17-7-8-19-12-22(37-3)10-9-18(19)11-17/h4-13,16H,14-15H2,1-3H3,(H,28,36)/t26-/m1/s1. The van der Waals surface area contributed by atoms with Crippen LogP contribution in [0.5, 0.6) is 5.75 Å². The molecule has 5 rings (SSSR count). The van der Waals surface area contributed by atoms with Crippen molar-refractivity contribution in [1.29, 1.82) is 0 Å². The van der Waals surface area contributed by atoms with Gasteiger partial charge in [-0.15, -0.1) is 5.10 Å². The smallest absolute Gasteiger partial charge is 0.325 e.